The third-order valence-electron chi connectivity index (χ3n) is 3.60. The van der Waals surface area contributed by atoms with Gasteiger partial charge in [-0.25, -0.2) is 8.78 Å². The van der Waals surface area contributed by atoms with Gasteiger partial charge in [0, 0.05) is 23.9 Å². The van der Waals surface area contributed by atoms with Gasteiger partial charge in [0.15, 0.2) is 0 Å². The molecule has 0 radical (unpaired) electrons. The van der Waals surface area contributed by atoms with Gasteiger partial charge in [0.25, 0.3) is 5.92 Å². The maximum absolute atomic E-state index is 13.2. The van der Waals surface area contributed by atoms with E-state index in [-0.39, 0.29) is 17.0 Å². The van der Waals surface area contributed by atoms with Crippen LogP contribution in [0, 0.1) is 0 Å². The number of halogens is 2. The van der Waals surface area contributed by atoms with Crippen LogP contribution in [0.1, 0.15) is 37.8 Å². The van der Waals surface area contributed by atoms with Crippen molar-refractivity contribution in [3.8, 4) is 0 Å². The van der Waals surface area contributed by atoms with Gasteiger partial charge in [-0.1, -0.05) is 18.2 Å². The van der Waals surface area contributed by atoms with Crippen molar-refractivity contribution in [2.24, 2.45) is 5.73 Å². The second-order valence-corrected chi connectivity index (χ2v) is 4.91. The summed E-state index contributed by atoms with van der Waals surface area (Å²) in [6.07, 6.45) is 2.01. The average Bonchev–Trinajstić information content (AvgIpc) is 2.97. The quantitative estimate of drug-likeness (QED) is 0.840. The molecule has 1 nitrogen and oxygen atoms in total. The van der Waals surface area contributed by atoms with Crippen molar-refractivity contribution >= 4 is 0 Å². The lowest BCUT2D eigenvalue weighted by molar-refractivity contribution is 0.0173. The van der Waals surface area contributed by atoms with Crippen molar-refractivity contribution in [3.63, 3.8) is 0 Å². The summed E-state index contributed by atoms with van der Waals surface area (Å²) in [5.41, 5.74) is 6.92. The highest BCUT2D eigenvalue weighted by Crippen LogP contribution is 2.50. The van der Waals surface area contributed by atoms with Crippen molar-refractivity contribution in [2.75, 3.05) is 0 Å². The normalized spacial score (nSPS) is 20.6. The van der Waals surface area contributed by atoms with Crippen LogP contribution in [0.2, 0.25) is 0 Å². The highest BCUT2D eigenvalue weighted by atomic mass is 19.3. The Morgan fingerprint density at radius 1 is 1.38 bits per heavy atom. The fourth-order valence-electron chi connectivity index (χ4n) is 2.24. The highest BCUT2D eigenvalue weighted by Gasteiger charge is 2.47. The third-order valence-corrected chi connectivity index (χ3v) is 3.60. The first-order chi connectivity index (χ1) is 7.36. The predicted octanol–water partition coefficient (Wildman–Crippen LogP) is 3.18. The SMILES string of the molecule is CC(N)C1(c2cccc(C(C)(F)F)c2)CC1. The summed E-state index contributed by atoms with van der Waals surface area (Å²) in [4.78, 5) is 0. The Bertz CT molecular complexity index is 389. The van der Waals surface area contributed by atoms with Gasteiger partial charge in [0.2, 0.25) is 0 Å². The number of alkyl halides is 2. The summed E-state index contributed by atoms with van der Waals surface area (Å²) in [5, 5.41) is 0. The molecule has 1 fully saturated rings. The molecule has 0 bridgehead atoms. The van der Waals surface area contributed by atoms with Crippen LogP contribution in [-0.4, -0.2) is 6.04 Å². The Hall–Kier alpha value is -0.960. The Morgan fingerprint density at radius 2 is 2.00 bits per heavy atom. The van der Waals surface area contributed by atoms with Crippen molar-refractivity contribution < 1.29 is 8.78 Å². The van der Waals surface area contributed by atoms with Crippen LogP contribution in [0.4, 0.5) is 8.78 Å². The Labute approximate surface area is 94.7 Å². The van der Waals surface area contributed by atoms with Crippen molar-refractivity contribution in [3.05, 3.63) is 35.4 Å². The summed E-state index contributed by atoms with van der Waals surface area (Å²) < 4.78 is 26.4. The molecule has 1 aromatic carbocycles. The summed E-state index contributed by atoms with van der Waals surface area (Å²) in [6, 6.07) is 6.71. The van der Waals surface area contributed by atoms with Gasteiger partial charge in [0.05, 0.1) is 0 Å². The maximum Gasteiger partial charge on any atom is 0.270 e. The number of nitrogens with two attached hydrogens (primary N) is 1. The van der Waals surface area contributed by atoms with Crippen LogP contribution in [0.15, 0.2) is 24.3 Å². The standard InChI is InChI=1S/C13H17F2N/c1-9(16)13(6-7-13)11-5-3-4-10(8-11)12(2,14)15/h3-5,8-9H,6-7,16H2,1-2H3. The molecule has 1 atom stereocenters. The first-order valence-corrected chi connectivity index (χ1v) is 5.61. The molecule has 1 aliphatic rings. The molecule has 1 unspecified atom stereocenters. The van der Waals surface area contributed by atoms with Gasteiger partial charge >= 0.3 is 0 Å². The molecule has 1 aromatic rings. The van der Waals surface area contributed by atoms with E-state index >= 15 is 0 Å². The van der Waals surface area contributed by atoms with E-state index in [0.29, 0.717) is 0 Å². The minimum absolute atomic E-state index is 0.0215. The zero-order valence-corrected chi connectivity index (χ0v) is 9.63. The Kier molecular flexibility index (Phi) is 2.54. The van der Waals surface area contributed by atoms with Crippen LogP contribution in [0.3, 0.4) is 0 Å². The Morgan fingerprint density at radius 3 is 2.44 bits per heavy atom. The van der Waals surface area contributed by atoms with E-state index in [1.807, 2.05) is 13.0 Å². The fourth-order valence-corrected chi connectivity index (χ4v) is 2.24. The number of hydrogen-bond acceptors (Lipinski definition) is 1. The van der Waals surface area contributed by atoms with Crippen LogP contribution in [-0.2, 0) is 11.3 Å². The second-order valence-electron chi connectivity index (χ2n) is 4.91. The van der Waals surface area contributed by atoms with Gasteiger partial charge < -0.3 is 5.73 Å². The van der Waals surface area contributed by atoms with Crippen LogP contribution in [0.25, 0.3) is 0 Å². The lowest BCUT2D eigenvalue weighted by Crippen LogP contribution is -2.31. The van der Waals surface area contributed by atoms with Gasteiger partial charge in [-0.3, -0.25) is 0 Å². The van der Waals surface area contributed by atoms with E-state index in [2.05, 4.69) is 0 Å². The molecule has 1 aliphatic carbocycles. The first-order valence-electron chi connectivity index (χ1n) is 5.61. The summed E-state index contributed by atoms with van der Waals surface area (Å²) in [6.45, 7) is 2.88. The number of benzene rings is 1. The lowest BCUT2D eigenvalue weighted by atomic mass is 9.88. The van der Waals surface area contributed by atoms with Gasteiger partial charge in [0.1, 0.15) is 0 Å². The average molecular weight is 225 g/mol. The minimum Gasteiger partial charge on any atom is -0.327 e. The topological polar surface area (TPSA) is 26.0 Å². The molecule has 0 aliphatic heterocycles. The van der Waals surface area contributed by atoms with Crippen LogP contribution >= 0.6 is 0 Å². The van der Waals surface area contributed by atoms with Crippen LogP contribution < -0.4 is 5.73 Å². The van der Waals surface area contributed by atoms with E-state index in [4.69, 9.17) is 5.73 Å². The molecule has 1 saturated carbocycles. The van der Waals surface area contributed by atoms with E-state index in [0.717, 1.165) is 25.3 Å². The molecular weight excluding hydrogens is 208 g/mol. The van der Waals surface area contributed by atoms with Crippen LogP contribution in [0.5, 0.6) is 0 Å². The molecular formula is C13H17F2N. The lowest BCUT2D eigenvalue weighted by Gasteiger charge is -2.21. The molecule has 88 valence electrons. The van der Waals surface area contributed by atoms with Gasteiger partial charge in [-0.15, -0.1) is 0 Å². The minimum atomic E-state index is -2.77. The zero-order chi connectivity index (χ0) is 12.0. The van der Waals surface area contributed by atoms with Crippen molar-refractivity contribution in [2.45, 2.75) is 44.1 Å². The largest absolute Gasteiger partial charge is 0.327 e. The highest BCUT2D eigenvalue weighted by molar-refractivity contribution is 5.37. The van der Waals surface area contributed by atoms with E-state index < -0.39 is 5.92 Å². The smallest absolute Gasteiger partial charge is 0.270 e. The summed E-state index contributed by atoms with van der Waals surface area (Å²) >= 11 is 0. The molecule has 2 N–H and O–H groups in total. The molecule has 0 spiro atoms. The molecule has 16 heavy (non-hydrogen) atoms. The zero-order valence-electron chi connectivity index (χ0n) is 9.63. The number of rotatable bonds is 3. The maximum atomic E-state index is 13.2. The van der Waals surface area contributed by atoms with Gasteiger partial charge in [-0.2, -0.15) is 0 Å². The van der Waals surface area contributed by atoms with E-state index in [1.54, 1.807) is 12.1 Å². The van der Waals surface area contributed by atoms with Gasteiger partial charge in [-0.05, 0) is 31.4 Å². The molecule has 2 rings (SSSR count). The number of hydrogen-bond donors (Lipinski definition) is 1. The predicted molar refractivity (Wildman–Crippen MR) is 60.6 cm³/mol. The van der Waals surface area contributed by atoms with Crippen molar-refractivity contribution in [1.82, 2.24) is 0 Å². The molecule has 0 amide bonds. The molecule has 0 aromatic heterocycles. The van der Waals surface area contributed by atoms with E-state index in [9.17, 15) is 8.78 Å². The molecule has 0 saturated heterocycles. The monoisotopic (exact) mass is 225 g/mol. The molecule has 0 heterocycles. The first kappa shape index (κ1) is 11.5. The summed E-state index contributed by atoms with van der Waals surface area (Å²) in [5.74, 6) is -2.77. The second kappa shape index (κ2) is 3.52. The van der Waals surface area contributed by atoms with Crippen molar-refractivity contribution in [1.29, 1.82) is 0 Å². The summed E-state index contributed by atoms with van der Waals surface area (Å²) in [7, 11) is 0. The van der Waals surface area contributed by atoms with E-state index in [1.165, 1.54) is 6.07 Å². The third kappa shape index (κ3) is 1.84. The fraction of sp³-hybridized carbons (Fsp3) is 0.538. The Balaban J connectivity index is 2.37. The molecule has 3 heteroatoms.